The molecule has 3 aromatic rings. The van der Waals surface area contributed by atoms with E-state index in [0.29, 0.717) is 19.8 Å². The molecule has 0 aliphatic heterocycles. The largest absolute Gasteiger partial charge is 0.331 e. The molecule has 6 heteroatoms. The van der Waals surface area contributed by atoms with Crippen molar-refractivity contribution in [2.45, 2.75) is 13.0 Å². The molecule has 21 heavy (non-hydrogen) atoms. The van der Waals surface area contributed by atoms with Gasteiger partial charge in [-0.1, -0.05) is 40.9 Å². The first kappa shape index (κ1) is 14.9. The van der Waals surface area contributed by atoms with Gasteiger partial charge >= 0.3 is 0 Å². The Kier molecular flexibility index (Phi) is 4.02. The van der Waals surface area contributed by atoms with Gasteiger partial charge in [0.15, 0.2) is 4.77 Å². The van der Waals surface area contributed by atoms with E-state index in [1.165, 1.54) is 0 Å². The molecule has 1 atom stereocenters. The molecule has 0 spiro atoms. The zero-order valence-electron chi connectivity index (χ0n) is 11.0. The van der Waals surface area contributed by atoms with Gasteiger partial charge in [-0.05, 0) is 55.0 Å². The quantitative estimate of drug-likeness (QED) is 0.536. The van der Waals surface area contributed by atoms with Crippen LogP contribution in [0.3, 0.4) is 0 Å². The number of aromatic amines is 1. The average molecular weight is 358 g/mol. The van der Waals surface area contributed by atoms with Gasteiger partial charge in [0, 0.05) is 15.1 Å². The van der Waals surface area contributed by atoms with E-state index in [9.17, 15) is 0 Å². The second-order valence-electron chi connectivity index (χ2n) is 4.80. The van der Waals surface area contributed by atoms with Gasteiger partial charge in [-0.2, -0.15) is 0 Å². The Morgan fingerprint density at radius 1 is 1.05 bits per heavy atom. The smallest absolute Gasteiger partial charge is 0.178 e. The summed E-state index contributed by atoms with van der Waals surface area (Å²) in [6.45, 7) is 2.04. The third-order valence-corrected chi connectivity index (χ3v) is 4.58. The predicted molar refractivity (Wildman–Crippen MR) is 92.4 cm³/mol. The third kappa shape index (κ3) is 2.71. The summed E-state index contributed by atoms with van der Waals surface area (Å²) >= 11 is 23.8. The summed E-state index contributed by atoms with van der Waals surface area (Å²) in [7, 11) is 0. The highest BCUT2D eigenvalue weighted by Crippen LogP contribution is 2.31. The number of halogens is 3. The molecule has 1 aromatic heterocycles. The van der Waals surface area contributed by atoms with Crippen molar-refractivity contribution in [3.8, 4) is 0 Å². The normalized spacial score (nSPS) is 12.8. The van der Waals surface area contributed by atoms with Crippen LogP contribution in [0.15, 0.2) is 36.4 Å². The fraction of sp³-hybridized carbons (Fsp3) is 0.133. The third-order valence-electron chi connectivity index (χ3n) is 3.48. The number of hydrogen-bond donors (Lipinski definition) is 1. The molecule has 0 aliphatic carbocycles. The highest BCUT2D eigenvalue weighted by Gasteiger charge is 2.16. The zero-order valence-corrected chi connectivity index (χ0v) is 14.1. The van der Waals surface area contributed by atoms with Crippen LogP contribution in [0.4, 0.5) is 0 Å². The maximum atomic E-state index is 6.31. The topological polar surface area (TPSA) is 20.7 Å². The van der Waals surface area contributed by atoms with Crippen LogP contribution in [-0.4, -0.2) is 9.55 Å². The molecule has 0 aliphatic rings. The first-order chi connectivity index (χ1) is 9.97. The van der Waals surface area contributed by atoms with Crippen LogP contribution in [-0.2, 0) is 0 Å². The number of hydrogen-bond acceptors (Lipinski definition) is 1. The minimum atomic E-state index is -0.0329. The average Bonchev–Trinajstić information content (AvgIpc) is 2.73. The van der Waals surface area contributed by atoms with Gasteiger partial charge < -0.3 is 9.55 Å². The number of nitrogens with one attached hydrogen (secondary N) is 1. The van der Waals surface area contributed by atoms with E-state index in [2.05, 4.69) is 4.98 Å². The van der Waals surface area contributed by atoms with Gasteiger partial charge in [-0.15, -0.1) is 0 Å². The summed E-state index contributed by atoms with van der Waals surface area (Å²) in [6.07, 6.45) is 0. The molecule has 108 valence electrons. The molecule has 1 unspecified atom stereocenters. The fourth-order valence-corrected chi connectivity index (χ4v) is 3.56. The lowest BCUT2D eigenvalue weighted by Gasteiger charge is -2.17. The molecule has 0 saturated heterocycles. The van der Waals surface area contributed by atoms with E-state index in [1.54, 1.807) is 6.07 Å². The van der Waals surface area contributed by atoms with Gasteiger partial charge in [0.25, 0.3) is 0 Å². The summed E-state index contributed by atoms with van der Waals surface area (Å²) in [4.78, 5) is 3.19. The van der Waals surface area contributed by atoms with Crippen molar-refractivity contribution in [3.05, 3.63) is 61.8 Å². The number of imidazole rings is 1. The first-order valence-corrected chi connectivity index (χ1v) is 7.86. The van der Waals surface area contributed by atoms with Gasteiger partial charge in [-0.25, -0.2) is 0 Å². The second kappa shape index (κ2) is 5.65. The number of fused-ring (bicyclic) bond motifs is 1. The summed E-state index contributed by atoms with van der Waals surface area (Å²) < 4.78 is 2.64. The molecule has 0 fully saturated rings. The summed E-state index contributed by atoms with van der Waals surface area (Å²) in [5, 5.41) is 1.90. The van der Waals surface area contributed by atoms with Crippen LogP contribution < -0.4 is 0 Å². The first-order valence-electron chi connectivity index (χ1n) is 6.32. The van der Waals surface area contributed by atoms with Crippen LogP contribution in [0.2, 0.25) is 15.1 Å². The van der Waals surface area contributed by atoms with E-state index in [-0.39, 0.29) is 6.04 Å². The van der Waals surface area contributed by atoms with E-state index in [0.717, 1.165) is 16.6 Å². The highest BCUT2D eigenvalue weighted by atomic mass is 35.5. The Labute approximate surface area is 142 Å². The van der Waals surface area contributed by atoms with E-state index in [1.807, 2.05) is 41.8 Å². The zero-order chi connectivity index (χ0) is 15.1. The summed E-state index contributed by atoms with van der Waals surface area (Å²) in [5.74, 6) is 0. The monoisotopic (exact) mass is 356 g/mol. The molecular formula is C15H11Cl3N2S. The number of H-pyrrole nitrogens is 1. The lowest BCUT2D eigenvalue weighted by molar-refractivity contribution is 0.649. The Morgan fingerprint density at radius 3 is 2.43 bits per heavy atom. The molecule has 0 radical (unpaired) electrons. The second-order valence-corrected chi connectivity index (χ2v) is 6.47. The molecule has 0 saturated carbocycles. The highest BCUT2D eigenvalue weighted by molar-refractivity contribution is 7.71. The van der Waals surface area contributed by atoms with Crippen LogP contribution in [0.25, 0.3) is 11.0 Å². The van der Waals surface area contributed by atoms with Crippen molar-refractivity contribution in [1.29, 1.82) is 0 Å². The Hall–Kier alpha value is -1.00. The van der Waals surface area contributed by atoms with Gasteiger partial charge in [0.2, 0.25) is 0 Å². The maximum absolute atomic E-state index is 6.31. The minimum Gasteiger partial charge on any atom is -0.331 e. The number of rotatable bonds is 2. The van der Waals surface area contributed by atoms with Crippen LogP contribution in [0, 0.1) is 4.77 Å². The predicted octanol–water partition coefficient (Wildman–Crippen LogP) is 6.27. The Bertz CT molecular complexity index is 882. The van der Waals surface area contributed by atoms with Crippen molar-refractivity contribution in [3.63, 3.8) is 0 Å². The molecule has 1 heterocycles. The van der Waals surface area contributed by atoms with E-state index in [4.69, 9.17) is 47.0 Å². The van der Waals surface area contributed by atoms with Crippen molar-refractivity contribution in [1.82, 2.24) is 9.55 Å². The van der Waals surface area contributed by atoms with Gasteiger partial charge in [0.1, 0.15) is 0 Å². The maximum Gasteiger partial charge on any atom is 0.178 e. The van der Waals surface area contributed by atoms with Gasteiger partial charge in [-0.3, -0.25) is 0 Å². The van der Waals surface area contributed by atoms with Crippen LogP contribution in [0.5, 0.6) is 0 Å². The van der Waals surface area contributed by atoms with Crippen LogP contribution >= 0.6 is 47.0 Å². The lowest BCUT2D eigenvalue weighted by Crippen LogP contribution is -2.07. The number of aromatic nitrogens is 2. The van der Waals surface area contributed by atoms with Crippen molar-refractivity contribution in [2.75, 3.05) is 0 Å². The molecular weight excluding hydrogens is 347 g/mol. The Morgan fingerprint density at radius 2 is 1.71 bits per heavy atom. The molecule has 1 N–H and O–H groups in total. The number of nitrogens with zero attached hydrogens (tertiary/aromatic N) is 1. The summed E-state index contributed by atoms with van der Waals surface area (Å²) in [6, 6.07) is 11.1. The van der Waals surface area contributed by atoms with Crippen molar-refractivity contribution in [2.24, 2.45) is 0 Å². The molecule has 3 rings (SSSR count). The van der Waals surface area contributed by atoms with E-state index >= 15 is 0 Å². The van der Waals surface area contributed by atoms with E-state index < -0.39 is 0 Å². The number of benzene rings is 2. The standard InChI is InChI=1S/C15H11Cl3N2S/c1-8(11-4-2-9(16)6-12(11)18)20-14-7-10(17)3-5-13(14)19-15(20)21/h2-8H,1H3,(H,19,21). The Balaban J connectivity index is 2.21. The molecule has 0 bridgehead atoms. The van der Waals surface area contributed by atoms with Gasteiger partial charge in [0.05, 0.1) is 17.1 Å². The fourth-order valence-electron chi connectivity index (χ4n) is 2.46. The minimum absolute atomic E-state index is 0.0329. The SMILES string of the molecule is CC(c1ccc(Cl)cc1Cl)n1c(=S)[nH]c2ccc(Cl)cc21. The van der Waals surface area contributed by atoms with Crippen LogP contribution in [0.1, 0.15) is 18.5 Å². The van der Waals surface area contributed by atoms with Crippen molar-refractivity contribution >= 4 is 58.1 Å². The summed E-state index contributed by atoms with van der Waals surface area (Å²) in [5.41, 5.74) is 2.85. The van der Waals surface area contributed by atoms with Crippen molar-refractivity contribution < 1.29 is 0 Å². The molecule has 0 amide bonds. The lowest BCUT2D eigenvalue weighted by atomic mass is 10.1. The molecule has 2 nitrogen and oxygen atoms in total. The molecule has 2 aromatic carbocycles.